The van der Waals surface area contributed by atoms with Crippen LogP contribution in [0.15, 0.2) is 12.1 Å². The normalized spacial score (nSPS) is 18.6. The lowest BCUT2D eigenvalue weighted by Crippen LogP contribution is -2.47. The second-order valence-corrected chi connectivity index (χ2v) is 5.37. The minimum absolute atomic E-state index is 0. The highest BCUT2D eigenvalue weighted by atomic mass is 35.5. The van der Waals surface area contributed by atoms with Crippen LogP contribution in [0.4, 0.5) is 4.39 Å². The molecule has 1 aliphatic rings. The first-order valence-electron chi connectivity index (χ1n) is 6.45. The van der Waals surface area contributed by atoms with Gasteiger partial charge in [-0.1, -0.05) is 11.6 Å². The molecule has 1 aliphatic heterocycles. The van der Waals surface area contributed by atoms with Crippen molar-refractivity contribution in [1.82, 2.24) is 10.2 Å². The number of nitrogens with one attached hydrogen (secondary N) is 1. The molecular formula is C14H19Cl2FN2O. The van der Waals surface area contributed by atoms with Crippen molar-refractivity contribution in [2.75, 3.05) is 20.1 Å². The molecule has 0 saturated carbocycles. The summed E-state index contributed by atoms with van der Waals surface area (Å²) in [6.07, 6.45) is 2.03. The van der Waals surface area contributed by atoms with Crippen molar-refractivity contribution >= 4 is 29.9 Å². The van der Waals surface area contributed by atoms with E-state index in [4.69, 9.17) is 11.6 Å². The summed E-state index contributed by atoms with van der Waals surface area (Å²) in [5.74, 6) is -0.499. The van der Waals surface area contributed by atoms with Gasteiger partial charge in [0.05, 0.1) is 10.6 Å². The summed E-state index contributed by atoms with van der Waals surface area (Å²) < 4.78 is 13.4. The molecule has 1 N–H and O–H groups in total. The Bertz CT molecular complexity index is 496. The molecule has 2 rings (SSSR count). The van der Waals surface area contributed by atoms with Crippen LogP contribution in [-0.4, -0.2) is 37.0 Å². The van der Waals surface area contributed by atoms with E-state index in [-0.39, 0.29) is 29.2 Å². The largest absolute Gasteiger partial charge is 0.337 e. The van der Waals surface area contributed by atoms with Gasteiger partial charge in [-0.05, 0) is 44.5 Å². The SMILES string of the molecule is CNC1CCCN(C(=O)c2cc(C)c(F)cc2Cl)C1.Cl. The smallest absolute Gasteiger partial charge is 0.255 e. The van der Waals surface area contributed by atoms with Gasteiger partial charge in [0.2, 0.25) is 0 Å². The van der Waals surface area contributed by atoms with Crippen LogP contribution >= 0.6 is 24.0 Å². The van der Waals surface area contributed by atoms with Crippen molar-refractivity contribution in [3.8, 4) is 0 Å². The van der Waals surface area contributed by atoms with Gasteiger partial charge in [0.25, 0.3) is 5.91 Å². The monoisotopic (exact) mass is 320 g/mol. The maximum atomic E-state index is 13.4. The third kappa shape index (κ3) is 3.62. The van der Waals surface area contributed by atoms with Crippen molar-refractivity contribution in [3.63, 3.8) is 0 Å². The average Bonchev–Trinajstić information content (AvgIpc) is 2.42. The molecule has 1 amide bonds. The number of rotatable bonds is 2. The molecule has 1 aromatic rings. The van der Waals surface area contributed by atoms with Crippen LogP contribution in [0.5, 0.6) is 0 Å². The van der Waals surface area contributed by atoms with Gasteiger partial charge in [0.1, 0.15) is 5.82 Å². The van der Waals surface area contributed by atoms with Gasteiger partial charge in [-0.3, -0.25) is 4.79 Å². The number of hydrogen-bond donors (Lipinski definition) is 1. The van der Waals surface area contributed by atoms with Crippen LogP contribution in [0.2, 0.25) is 5.02 Å². The van der Waals surface area contributed by atoms with Gasteiger partial charge in [-0.2, -0.15) is 0 Å². The summed E-state index contributed by atoms with van der Waals surface area (Å²) in [6.45, 7) is 3.03. The number of halogens is 3. The Labute approximate surface area is 129 Å². The van der Waals surface area contributed by atoms with E-state index >= 15 is 0 Å². The molecule has 1 fully saturated rings. The molecule has 1 atom stereocenters. The zero-order valence-corrected chi connectivity index (χ0v) is 13.2. The van der Waals surface area contributed by atoms with E-state index in [1.165, 1.54) is 12.1 Å². The fourth-order valence-corrected chi connectivity index (χ4v) is 2.62. The second-order valence-electron chi connectivity index (χ2n) is 4.96. The van der Waals surface area contributed by atoms with Gasteiger partial charge < -0.3 is 10.2 Å². The number of likely N-dealkylation sites (N-methyl/N-ethyl adjacent to an activating group) is 1. The molecule has 1 heterocycles. The quantitative estimate of drug-likeness (QED) is 0.908. The van der Waals surface area contributed by atoms with E-state index in [9.17, 15) is 9.18 Å². The first-order chi connectivity index (χ1) is 9.02. The zero-order chi connectivity index (χ0) is 14.0. The molecule has 112 valence electrons. The summed E-state index contributed by atoms with van der Waals surface area (Å²) in [7, 11) is 1.90. The number of aryl methyl sites for hydroxylation is 1. The van der Waals surface area contributed by atoms with Crippen LogP contribution < -0.4 is 5.32 Å². The Morgan fingerprint density at radius 1 is 1.50 bits per heavy atom. The molecule has 0 spiro atoms. The second kappa shape index (κ2) is 7.25. The number of piperidine rings is 1. The number of carbonyl (C=O) groups is 1. The van der Waals surface area contributed by atoms with E-state index in [1.54, 1.807) is 11.8 Å². The van der Waals surface area contributed by atoms with Crippen LogP contribution in [-0.2, 0) is 0 Å². The van der Waals surface area contributed by atoms with E-state index in [0.29, 0.717) is 23.7 Å². The molecule has 0 aliphatic carbocycles. The van der Waals surface area contributed by atoms with Crippen molar-refractivity contribution < 1.29 is 9.18 Å². The molecule has 1 unspecified atom stereocenters. The standard InChI is InChI=1S/C14H18ClFN2O.ClH/c1-9-6-11(12(15)7-13(9)16)14(19)18-5-3-4-10(8-18)17-2;/h6-7,10,17H,3-5,8H2,1-2H3;1H. The maximum Gasteiger partial charge on any atom is 0.255 e. The molecule has 0 bridgehead atoms. The molecule has 6 heteroatoms. The highest BCUT2D eigenvalue weighted by Gasteiger charge is 2.25. The number of carbonyl (C=O) groups excluding carboxylic acids is 1. The number of hydrogen-bond acceptors (Lipinski definition) is 2. The lowest BCUT2D eigenvalue weighted by Gasteiger charge is -2.32. The summed E-state index contributed by atoms with van der Waals surface area (Å²) in [5.41, 5.74) is 0.826. The summed E-state index contributed by atoms with van der Waals surface area (Å²) in [6, 6.07) is 3.06. The van der Waals surface area contributed by atoms with E-state index in [0.717, 1.165) is 19.4 Å². The van der Waals surface area contributed by atoms with Crippen molar-refractivity contribution in [1.29, 1.82) is 0 Å². The Balaban J connectivity index is 0.00000200. The summed E-state index contributed by atoms with van der Waals surface area (Å²) >= 11 is 5.98. The minimum Gasteiger partial charge on any atom is -0.337 e. The number of amides is 1. The van der Waals surface area contributed by atoms with Crippen LogP contribution in [0.3, 0.4) is 0 Å². The summed E-state index contributed by atoms with van der Waals surface area (Å²) in [4.78, 5) is 14.2. The summed E-state index contributed by atoms with van der Waals surface area (Å²) in [5, 5.41) is 3.37. The Morgan fingerprint density at radius 2 is 2.20 bits per heavy atom. The average molecular weight is 321 g/mol. The van der Waals surface area contributed by atoms with Crippen molar-refractivity contribution in [2.45, 2.75) is 25.8 Å². The van der Waals surface area contributed by atoms with Gasteiger partial charge in [0, 0.05) is 19.1 Å². The van der Waals surface area contributed by atoms with Gasteiger partial charge in [-0.15, -0.1) is 12.4 Å². The third-order valence-electron chi connectivity index (χ3n) is 3.60. The number of benzene rings is 1. The van der Waals surface area contributed by atoms with Crippen molar-refractivity contribution in [3.05, 3.63) is 34.1 Å². The van der Waals surface area contributed by atoms with Gasteiger partial charge in [0.15, 0.2) is 0 Å². The number of likely N-dealkylation sites (tertiary alicyclic amines) is 1. The predicted molar refractivity (Wildman–Crippen MR) is 81.4 cm³/mol. The van der Waals surface area contributed by atoms with Gasteiger partial charge in [-0.25, -0.2) is 4.39 Å². The molecule has 1 saturated heterocycles. The van der Waals surface area contributed by atoms with E-state index in [2.05, 4.69) is 5.32 Å². The fourth-order valence-electron chi connectivity index (χ4n) is 2.39. The Kier molecular flexibility index (Phi) is 6.24. The van der Waals surface area contributed by atoms with E-state index < -0.39 is 0 Å². The molecule has 1 aromatic carbocycles. The fraction of sp³-hybridized carbons (Fsp3) is 0.500. The Morgan fingerprint density at radius 3 is 2.85 bits per heavy atom. The first kappa shape index (κ1) is 17.2. The minimum atomic E-state index is -0.381. The highest BCUT2D eigenvalue weighted by molar-refractivity contribution is 6.33. The lowest BCUT2D eigenvalue weighted by molar-refractivity contribution is 0.0698. The first-order valence-corrected chi connectivity index (χ1v) is 6.83. The molecule has 3 nitrogen and oxygen atoms in total. The van der Waals surface area contributed by atoms with Crippen molar-refractivity contribution in [2.24, 2.45) is 0 Å². The predicted octanol–water partition coefficient (Wildman–Crippen LogP) is 3.03. The molecule has 0 radical (unpaired) electrons. The molecule has 0 aromatic heterocycles. The maximum absolute atomic E-state index is 13.4. The van der Waals surface area contributed by atoms with Gasteiger partial charge >= 0.3 is 0 Å². The molecular weight excluding hydrogens is 302 g/mol. The third-order valence-corrected chi connectivity index (χ3v) is 3.91. The number of nitrogens with zero attached hydrogens (tertiary/aromatic N) is 1. The lowest BCUT2D eigenvalue weighted by atomic mass is 10.0. The highest BCUT2D eigenvalue weighted by Crippen LogP contribution is 2.23. The topological polar surface area (TPSA) is 32.3 Å². The van der Waals surface area contributed by atoms with Crippen LogP contribution in [0.1, 0.15) is 28.8 Å². The van der Waals surface area contributed by atoms with E-state index in [1.807, 2.05) is 7.05 Å². The molecule has 20 heavy (non-hydrogen) atoms. The zero-order valence-electron chi connectivity index (χ0n) is 11.6. The van der Waals surface area contributed by atoms with Crippen LogP contribution in [0, 0.1) is 12.7 Å². The Hall–Kier alpha value is -0.840. The van der Waals surface area contributed by atoms with Crippen LogP contribution in [0.25, 0.3) is 0 Å².